The number of halogens is 1. The highest BCUT2D eigenvalue weighted by Gasteiger charge is 2.30. The Hall–Kier alpha value is -1.35. The molecular formula is C21H26ClNO. The lowest BCUT2D eigenvalue weighted by Crippen LogP contribution is -2.31. The van der Waals surface area contributed by atoms with Crippen molar-refractivity contribution in [3.63, 3.8) is 0 Å². The third kappa shape index (κ3) is 3.83. The molecule has 1 fully saturated rings. The smallest absolute Gasteiger partial charge is 0.115 e. The van der Waals surface area contributed by atoms with Gasteiger partial charge in [-0.2, -0.15) is 0 Å². The summed E-state index contributed by atoms with van der Waals surface area (Å²) in [6.45, 7) is -7.81. The highest BCUT2D eigenvalue weighted by molar-refractivity contribution is 6.30. The molecule has 3 heteroatoms. The summed E-state index contributed by atoms with van der Waals surface area (Å²) in [5.74, 6) is 0. The molecule has 0 unspecified atom stereocenters. The Kier molecular flexibility index (Phi) is 1.79. The summed E-state index contributed by atoms with van der Waals surface area (Å²) in [6.07, 6.45) is -7.48. The predicted molar refractivity (Wildman–Crippen MR) is 101 cm³/mol. The van der Waals surface area contributed by atoms with Gasteiger partial charge in [-0.05, 0) is 62.8 Å². The Bertz CT molecular complexity index is 1350. The fraction of sp³-hybridized carbons (Fsp3) is 0.429. The molecule has 0 bridgehead atoms. The Labute approximate surface area is 177 Å². The van der Waals surface area contributed by atoms with E-state index < -0.39 is 121 Å². The molecule has 3 rings (SSSR count). The predicted octanol–water partition coefficient (Wildman–Crippen LogP) is 5.10. The molecule has 128 valence electrons. The molecule has 1 aliphatic rings. The summed E-state index contributed by atoms with van der Waals surface area (Å²) < 4.78 is 163. The summed E-state index contributed by atoms with van der Waals surface area (Å²) in [4.78, 5) is 0.461. The van der Waals surface area contributed by atoms with Gasteiger partial charge in [0.2, 0.25) is 0 Å². The van der Waals surface area contributed by atoms with Gasteiger partial charge in [-0.3, -0.25) is 0 Å². The van der Waals surface area contributed by atoms with Crippen LogP contribution in [0.1, 0.15) is 63.2 Å². The monoisotopic (exact) mass is 362 g/mol. The maximum atomic E-state index is 8.78. The molecule has 24 heavy (non-hydrogen) atoms. The highest BCUT2D eigenvalue weighted by atomic mass is 35.5. The zero-order chi connectivity index (χ0) is 33.6. The maximum absolute atomic E-state index is 8.78. The van der Waals surface area contributed by atoms with Gasteiger partial charge in [0.25, 0.3) is 0 Å². The number of hydrogen-bond donors (Lipinski definition) is 0. The molecule has 0 aliphatic carbocycles. The van der Waals surface area contributed by atoms with Crippen molar-refractivity contribution in [1.82, 2.24) is 4.90 Å². The van der Waals surface area contributed by atoms with E-state index in [0.717, 1.165) is 7.05 Å². The highest BCUT2D eigenvalue weighted by Crippen LogP contribution is 2.34. The Morgan fingerprint density at radius 1 is 1.29 bits per heavy atom. The molecule has 1 aliphatic heterocycles. The zero-order valence-corrected chi connectivity index (χ0v) is 13.4. The van der Waals surface area contributed by atoms with Crippen LogP contribution in [0.15, 0.2) is 54.4 Å². The van der Waals surface area contributed by atoms with Crippen molar-refractivity contribution in [2.45, 2.75) is 37.6 Å². The number of likely N-dealkylation sites (tertiary alicyclic amines) is 1. The van der Waals surface area contributed by atoms with Crippen LogP contribution in [0.25, 0.3) is 0 Å². The Morgan fingerprint density at radius 3 is 2.62 bits per heavy atom. The average Bonchev–Trinajstić information content (AvgIpc) is 2.96. The second-order valence-corrected chi connectivity index (χ2v) is 5.21. The van der Waals surface area contributed by atoms with Crippen molar-refractivity contribution >= 4 is 11.6 Å². The molecule has 0 spiro atoms. The number of nitrogens with zero attached hydrogens (tertiary/aromatic N) is 1. The SMILES string of the molecule is [2H]c1c([2H])c([2H])c([C@@](OCC[C@]2([2H])N(C)C([2H])([2H])C([2H])([2H])C2([2H])[2H])(c2c([2H])c([2H])c(Cl)c([2H])c2[2H])C([2H])([2H])[2H])c([2H])c1[2H]. The molecule has 0 radical (unpaired) electrons. The number of ether oxygens (including phenoxy) is 1. The fourth-order valence-electron chi connectivity index (χ4n) is 2.03. The first-order valence-corrected chi connectivity index (χ1v) is 7.31. The minimum absolute atomic E-state index is 0.461. The van der Waals surface area contributed by atoms with Crippen LogP contribution in [0.4, 0.5) is 0 Å². The van der Waals surface area contributed by atoms with Crippen LogP contribution in [0.3, 0.4) is 0 Å². The van der Waals surface area contributed by atoms with Gasteiger partial charge in [-0.15, -0.1) is 0 Å². The van der Waals surface area contributed by atoms with Gasteiger partial charge < -0.3 is 9.64 Å². The van der Waals surface area contributed by atoms with Crippen molar-refractivity contribution in [3.05, 3.63) is 70.5 Å². The van der Waals surface area contributed by atoms with Gasteiger partial charge in [-0.1, -0.05) is 53.9 Å². The van der Waals surface area contributed by atoms with Crippen molar-refractivity contribution in [2.24, 2.45) is 0 Å². The maximum Gasteiger partial charge on any atom is 0.115 e. The van der Waals surface area contributed by atoms with E-state index in [2.05, 4.69) is 0 Å². The molecule has 2 aromatic carbocycles. The lowest BCUT2D eigenvalue weighted by Gasteiger charge is -2.32. The third-order valence-corrected chi connectivity index (χ3v) is 3.48. The normalized spacial score (nSPS) is 42.2. The number of rotatable bonds is 6. The van der Waals surface area contributed by atoms with Gasteiger partial charge >= 0.3 is 0 Å². The summed E-state index contributed by atoms with van der Waals surface area (Å²) >= 11 is 5.92. The lowest BCUT2D eigenvalue weighted by atomic mass is 9.88. The van der Waals surface area contributed by atoms with Gasteiger partial charge in [0.05, 0.1) is 12.3 Å². The van der Waals surface area contributed by atoms with Crippen molar-refractivity contribution < 1.29 is 30.8 Å². The molecule has 2 nitrogen and oxygen atoms in total. The molecule has 1 saturated heterocycles. The lowest BCUT2D eigenvalue weighted by molar-refractivity contribution is -0.0117. The van der Waals surface area contributed by atoms with E-state index in [9.17, 15) is 0 Å². The van der Waals surface area contributed by atoms with E-state index in [1.165, 1.54) is 0 Å². The number of benzene rings is 2. The first kappa shape index (κ1) is 5.57. The summed E-state index contributed by atoms with van der Waals surface area (Å²) in [5, 5.41) is -0.713. The van der Waals surface area contributed by atoms with Crippen LogP contribution in [0.2, 0.25) is 5.02 Å². The average molecular weight is 363 g/mol. The summed E-state index contributed by atoms with van der Waals surface area (Å²) in [7, 11) is 0.934. The van der Waals surface area contributed by atoms with E-state index in [-0.39, 0.29) is 0 Å². The second kappa shape index (κ2) is 7.69. The fourth-order valence-corrected chi connectivity index (χ4v) is 2.13. The van der Waals surface area contributed by atoms with Crippen molar-refractivity contribution in [2.75, 3.05) is 20.2 Å². The van der Waals surface area contributed by atoms with Gasteiger partial charge in [0.15, 0.2) is 0 Å². The van der Waals surface area contributed by atoms with Gasteiger partial charge in [-0.25, -0.2) is 0 Å². The van der Waals surface area contributed by atoms with Gasteiger partial charge in [0.1, 0.15) is 5.60 Å². The molecule has 2 atom stereocenters. The molecule has 0 N–H and O–H groups in total. The minimum atomic E-state index is -3.68. The molecule has 0 amide bonds. The van der Waals surface area contributed by atoms with E-state index >= 15 is 0 Å². The molecular weight excluding hydrogens is 318 g/mol. The minimum Gasteiger partial charge on any atom is -0.366 e. The quantitative estimate of drug-likeness (QED) is 0.708. The van der Waals surface area contributed by atoms with Crippen LogP contribution < -0.4 is 0 Å². The first-order valence-electron chi connectivity index (χ1n) is 16.4. The van der Waals surface area contributed by atoms with Gasteiger partial charge in [0, 0.05) is 31.4 Å². The molecule has 0 aromatic heterocycles. The van der Waals surface area contributed by atoms with Crippen LogP contribution in [-0.2, 0) is 10.3 Å². The third-order valence-electron chi connectivity index (χ3n) is 3.29. The topological polar surface area (TPSA) is 12.5 Å². The second-order valence-electron chi connectivity index (χ2n) is 4.84. The van der Waals surface area contributed by atoms with Crippen molar-refractivity contribution in [3.8, 4) is 0 Å². The summed E-state index contributed by atoms with van der Waals surface area (Å²) in [6, 6.07) is -12.1. The number of hydrogen-bond acceptors (Lipinski definition) is 2. The molecule has 1 heterocycles. The largest absolute Gasteiger partial charge is 0.366 e. The molecule has 0 saturated carbocycles. The Morgan fingerprint density at radius 2 is 2.00 bits per heavy atom. The van der Waals surface area contributed by atoms with Crippen LogP contribution in [-0.4, -0.2) is 31.1 Å². The van der Waals surface area contributed by atoms with Crippen LogP contribution >= 0.6 is 11.6 Å². The van der Waals surface area contributed by atoms with Crippen molar-refractivity contribution in [1.29, 1.82) is 0 Å². The molecule has 2 aromatic rings. The van der Waals surface area contributed by atoms with E-state index in [0.29, 0.717) is 4.90 Å². The van der Waals surface area contributed by atoms with E-state index in [1.54, 1.807) is 0 Å². The summed E-state index contributed by atoms with van der Waals surface area (Å²) in [5.41, 5.74) is -5.57. The Balaban J connectivity index is 2.43. The standard InChI is InChI=1S/C21H26ClNO/c1-21(17-7-4-3-5-8-17,18-10-12-19(22)13-11-18)24-16-14-20-9-6-15-23(20)2/h3-5,7-8,10-13,20H,6,9,14-16H2,1-2H3/t20-,21-/m1/s1/i1D3,3D,4D,5D,6D2,7D,8D,9D2,10D,11D,12D,13D,15D2,20D. The van der Waals surface area contributed by atoms with E-state index in [4.69, 9.17) is 42.4 Å². The van der Waals surface area contributed by atoms with Crippen LogP contribution in [0.5, 0.6) is 0 Å². The zero-order valence-electron chi connectivity index (χ0n) is 31.6. The first-order chi connectivity index (χ1) is 19.2. The van der Waals surface area contributed by atoms with E-state index in [1.807, 2.05) is 0 Å². The van der Waals surface area contributed by atoms with Crippen LogP contribution in [0, 0.1) is 0 Å².